The van der Waals surface area contributed by atoms with Gasteiger partial charge in [0.15, 0.2) is 5.76 Å². The summed E-state index contributed by atoms with van der Waals surface area (Å²) < 4.78 is 17.9. The molecule has 0 aliphatic carbocycles. The highest BCUT2D eigenvalue weighted by Gasteiger charge is 2.38. The van der Waals surface area contributed by atoms with Gasteiger partial charge in [-0.2, -0.15) is 0 Å². The highest BCUT2D eigenvalue weighted by molar-refractivity contribution is 6.18. The van der Waals surface area contributed by atoms with E-state index in [1.165, 1.54) is 0 Å². The molecule has 1 saturated heterocycles. The minimum absolute atomic E-state index is 0.157. The number of carbonyl (C=O) groups excluding carboxylic acids is 1. The maximum absolute atomic E-state index is 13.8. The summed E-state index contributed by atoms with van der Waals surface area (Å²) in [6.07, 6.45) is 3.86. The number of methoxy groups -OCH3 is 2. The van der Waals surface area contributed by atoms with Crippen LogP contribution in [-0.4, -0.2) is 45.0 Å². The molecule has 0 bridgehead atoms. The minimum Gasteiger partial charge on any atom is -0.496 e. The summed E-state index contributed by atoms with van der Waals surface area (Å²) in [5.41, 5.74) is 2.44. The van der Waals surface area contributed by atoms with Crippen molar-refractivity contribution in [3.63, 3.8) is 0 Å². The zero-order valence-corrected chi connectivity index (χ0v) is 20.8. The predicted molar refractivity (Wildman–Crippen MR) is 143 cm³/mol. The SMILES string of the molecule is COc1cc(OC)c(C2CCN(C)CC2)c2c1C(=O)/C(=C/c1c3ccccc3cc3ccccc13)O2. The van der Waals surface area contributed by atoms with E-state index in [9.17, 15) is 4.79 Å². The normalized spacial score (nSPS) is 17.5. The standard InChI is InChI=1S/C31H29NO4/c1-32-14-12-19(13-15-32)28-25(34-2)18-26(35-3)29-30(33)27(36-31(28)29)17-24-22-10-6-4-8-20(22)16-21-9-5-7-11-23(21)24/h4-11,16-19H,12-15H2,1-3H3/b27-17-. The van der Waals surface area contributed by atoms with Crippen molar-refractivity contribution in [2.45, 2.75) is 18.8 Å². The van der Waals surface area contributed by atoms with Gasteiger partial charge in [-0.25, -0.2) is 0 Å². The molecular formula is C31H29NO4. The van der Waals surface area contributed by atoms with Crippen molar-refractivity contribution >= 4 is 33.4 Å². The number of allylic oxidation sites excluding steroid dienone is 1. The fourth-order valence-electron chi connectivity index (χ4n) is 5.67. The summed E-state index contributed by atoms with van der Waals surface area (Å²) in [6.45, 7) is 1.99. The lowest BCUT2D eigenvalue weighted by Crippen LogP contribution is -2.29. The molecule has 0 atom stereocenters. The summed E-state index contributed by atoms with van der Waals surface area (Å²) in [5.74, 6) is 2.19. The Kier molecular flexibility index (Phi) is 5.65. The van der Waals surface area contributed by atoms with Crippen LogP contribution < -0.4 is 14.2 Å². The Hall–Kier alpha value is -3.83. The number of hydrogen-bond acceptors (Lipinski definition) is 5. The number of benzene rings is 4. The summed E-state index contributed by atoms with van der Waals surface area (Å²) >= 11 is 0. The van der Waals surface area contributed by atoms with Gasteiger partial charge in [-0.3, -0.25) is 4.79 Å². The Morgan fingerprint density at radius 3 is 2.11 bits per heavy atom. The Bertz CT molecular complexity index is 1480. The van der Waals surface area contributed by atoms with Gasteiger partial charge in [-0.1, -0.05) is 48.5 Å². The monoisotopic (exact) mass is 479 g/mol. The largest absolute Gasteiger partial charge is 0.496 e. The lowest BCUT2D eigenvalue weighted by molar-refractivity contribution is 0.101. The molecule has 0 aromatic heterocycles. The molecule has 2 aliphatic heterocycles. The molecule has 4 aromatic rings. The first-order valence-electron chi connectivity index (χ1n) is 12.4. The molecule has 36 heavy (non-hydrogen) atoms. The average Bonchev–Trinajstić information content (AvgIpc) is 3.23. The molecule has 182 valence electrons. The van der Waals surface area contributed by atoms with Gasteiger partial charge in [0.25, 0.3) is 0 Å². The molecular weight excluding hydrogens is 450 g/mol. The molecule has 6 rings (SSSR count). The van der Waals surface area contributed by atoms with Gasteiger partial charge in [0.1, 0.15) is 22.8 Å². The first-order chi connectivity index (χ1) is 17.6. The lowest BCUT2D eigenvalue weighted by atomic mass is 9.86. The number of carbonyl (C=O) groups is 1. The topological polar surface area (TPSA) is 48.0 Å². The second-order valence-electron chi connectivity index (χ2n) is 9.65. The van der Waals surface area contributed by atoms with Crippen molar-refractivity contribution in [3.05, 3.63) is 83.1 Å². The van der Waals surface area contributed by atoms with Crippen LogP contribution >= 0.6 is 0 Å². The number of rotatable bonds is 4. The van der Waals surface area contributed by atoms with Crippen molar-refractivity contribution in [2.75, 3.05) is 34.4 Å². The highest BCUT2D eigenvalue weighted by Crippen LogP contribution is 2.50. The molecule has 0 unspecified atom stereocenters. The first-order valence-corrected chi connectivity index (χ1v) is 12.4. The predicted octanol–water partition coefficient (Wildman–Crippen LogP) is 6.44. The molecule has 2 heterocycles. The van der Waals surface area contributed by atoms with E-state index in [1.807, 2.05) is 36.4 Å². The van der Waals surface area contributed by atoms with E-state index in [2.05, 4.69) is 42.3 Å². The Morgan fingerprint density at radius 1 is 0.889 bits per heavy atom. The zero-order valence-electron chi connectivity index (χ0n) is 20.8. The Balaban J connectivity index is 1.54. The van der Waals surface area contributed by atoms with Crippen LogP contribution in [0.4, 0.5) is 0 Å². The van der Waals surface area contributed by atoms with Gasteiger partial charge in [0.2, 0.25) is 5.78 Å². The van der Waals surface area contributed by atoms with Crippen molar-refractivity contribution in [1.29, 1.82) is 0 Å². The van der Waals surface area contributed by atoms with Crippen molar-refractivity contribution in [1.82, 2.24) is 4.90 Å². The molecule has 5 heteroatoms. The van der Waals surface area contributed by atoms with Crippen LogP contribution in [0.1, 0.15) is 40.2 Å². The summed E-state index contributed by atoms with van der Waals surface area (Å²) in [6, 6.07) is 20.5. The van der Waals surface area contributed by atoms with Gasteiger partial charge in [0.05, 0.1) is 14.2 Å². The maximum Gasteiger partial charge on any atom is 0.235 e. The van der Waals surface area contributed by atoms with Gasteiger partial charge in [-0.15, -0.1) is 0 Å². The number of Topliss-reactive ketones (excluding diaryl/α,β-unsaturated/α-hetero) is 1. The van der Waals surface area contributed by atoms with Crippen molar-refractivity contribution in [3.8, 4) is 17.2 Å². The molecule has 1 fully saturated rings. The van der Waals surface area contributed by atoms with E-state index in [0.717, 1.165) is 58.6 Å². The average molecular weight is 480 g/mol. The second-order valence-corrected chi connectivity index (χ2v) is 9.65. The number of piperidine rings is 1. The van der Waals surface area contributed by atoms with Crippen LogP contribution in [-0.2, 0) is 0 Å². The quantitative estimate of drug-likeness (QED) is 0.249. The summed E-state index contributed by atoms with van der Waals surface area (Å²) in [4.78, 5) is 16.1. The van der Waals surface area contributed by atoms with E-state index in [0.29, 0.717) is 28.6 Å². The van der Waals surface area contributed by atoms with E-state index in [4.69, 9.17) is 14.2 Å². The number of hydrogen-bond donors (Lipinski definition) is 0. The van der Waals surface area contributed by atoms with Crippen molar-refractivity contribution in [2.24, 2.45) is 0 Å². The molecule has 2 aliphatic rings. The van der Waals surface area contributed by atoms with Gasteiger partial charge in [-0.05, 0) is 78.1 Å². The molecule has 0 amide bonds. The number of nitrogens with zero attached hydrogens (tertiary/aromatic N) is 1. The van der Waals surface area contributed by atoms with E-state index < -0.39 is 0 Å². The van der Waals surface area contributed by atoms with Gasteiger partial charge < -0.3 is 19.1 Å². The number of ether oxygens (including phenoxy) is 3. The number of fused-ring (bicyclic) bond motifs is 3. The van der Waals surface area contributed by atoms with Crippen LogP contribution in [0.5, 0.6) is 17.2 Å². The van der Waals surface area contributed by atoms with Gasteiger partial charge in [0, 0.05) is 11.6 Å². The fourth-order valence-corrected chi connectivity index (χ4v) is 5.67. The second kappa shape index (κ2) is 8.99. The first kappa shape index (κ1) is 22.6. The number of ketones is 1. The third-order valence-electron chi connectivity index (χ3n) is 7.56. The van der Waals surface area contributed by atoms with E-state index >= 15 is 0 Å². The molecule has 0 spiro atoms. The number of likely N-dealkylation sites (tertiary alicyclic amines) is 1. The Morgan fingerprint density at radius 2 is 1.50 bits per heavy atom. The van der Waals surface area contributed by atoms with Crippen LogP contribution in [0.25, 0.3) is 27.6 Å². The minimum atomic E-state index is -0.157. The van der Waals surface area contributed by atoms with E-state index in [1.54, 1.807) is 14.2 Å². The van der Waals surface area contributed by atoms with Crippen LogP contribution in [0.15, 0.2) is 66.4 Å². The smallest absolute Gasteiger partial charge is 0.235 e. The molecule has 0 saturated carbocycles. The van der Waals surface area contributed by atoms with Crippen LogP contribution in [0.2, 0.25) is 0 Å². The fraction of sp³-hybridized carbons (Fsp3) is 0.258. The molecule has 5 nitrogen and oxygen atoms in total. The Labute approximate surface area is 210 Å². The molecule has 4 aromatic carbocycles. The van der Waals surface area contributed by atoms with Crippen LogP contribution in [0.3, 0.4) is 0 Å². The maximum atomic E-state index is 13.8. The van der Waals surface area contributed by atoms with Crippen molar-refractivity contribution < 1.29 is 19.0 Å². The van der Waals surface area contributed by atoms with Crippen LogP contribution in [0, 0.1) is 0 Å². The third kappa shape index (κ3) is 3.62. The zero-order chi connectivity index (χ0) is 24.8. The lowest BCUT2D eigenvalue weighted by Gasteiger charge is -2.30. The summed E-state index contributed by atoms with van der Waals surface area (Å²) in [7, 11) is 5.38. The molecule has 0 N–H and O–H groups in total. The third-order valence-corrected chi connectivity index (χ3v) is 7.56. The molecule has 0 radical (unpaired) electrons. The summed E-state index contributed by atoms with van der Waals surface area (Å²) in [5, 5.41) is 4.40. The van der Waals surface area contributed by atoms with E-state index in [-0.39, 0.29) is 11.7 Å². The highest BCUT2D eigenvalue weighted by atomic mass is 16.5. The van der Waals surface area contributed by atoms with Gasteiger partial charge >= 0.3 is 0 Å².